The zero-order valence-electron chi connectivity index (χ0n) is 19.7. The molecule has 0 aliphatic carbocycles. The van der Waals surface area contributed by atoms with Crippen molar-refractivity contribution < 1.29 is 4.74 Å². The molecule has 34 heavy (non-hydrogen) atoms. The van der Waals surface area contributed by atoms with Crippen molar-refractivity contribution in [2.45, 2.75) is 52.5 Å². The van der Waals surface area contributed by atoms with E-state index < -0.39 is 0 Å². The van der Waals surface area contributed by atoms with E-state index in [2.05, 4.69) is 6.92 Å². The molecule has 0 radical (unpaired) electrons. The van der Waals surface area contributed by atoms with E-state index >= 15 is 0 Å². The molecule has 0 saturated heterocycles. The van der Waals surface area contributed by atoms with Gasteiger partial charge in [0.05, 0.1) is 24.0 Å². The number of rotatable bonds is 9. The van der Waals surface area contributed by atoms with Crippen molar-refractivity contribution in [1.82, 2.24) is 24.1 Å². The van der Waals surface area contributed by atoms with Crippen LogP contribution in [-0.2, 0) is 6.54 Å². The number of fused-ring (bicyclic) bond motifs is 4. The van der Waals surface area contributed by atoms with E-state index in [4.69, 9.17) is 19.7 Å². The molecule has 0 fully saturated rings. The Morgan fingerprint density at radius 1 is 0.853 bits per heavy atom. The molecule has 0 bridgehead atoms. The zero-order chi connectivity index (χ0) is 23.5. The maximum atomic E-state index is 13.6. The maximum absolute atomic E-state index is 13.6. The van der Waals surface area contributed by atoms with Crippen LogP contribution in [0.4, 0.5) is 0 Å². The summed E-state index contributed by atoms with van der Waals surface area (Å²) < 4.78 is 9.24. The van der Waals surface area contributed by atoms with Gasteiger partial charge in [-0.2, -0.15) is 0 Å². The van der Waals surface area contributed by atoms with Crippen LogP contribution in [0.3, 0.4) is 0 Å². The van der Waals surface area contributed by atoms with Crippen LogP contribution in [0.2, 0.25) is 0 Å². The second kappa shape index (κ2) is 9.63. The number of benzene rings is 2. The summed E-state index contributed by atoms with van der Waals surface area (Å²) in [6.45, 7) is 5.42. The van der Waals surface area contributed by atoms with Crippen LogP contribution in [-0.4, -0.2) is 30.7 Å². The number of hydrogen-bond donors (Lipinski definition) is 0. The van der Waals surface area contributed by atoms with Gasteiger partial charge in [0.15, 0.2) is 11.3 Å². The third kappa shape index (κ3) is 4.02. The van der Waals surface area contributed by atoms with Gasteiger partial charge in [-0.25, -0.2) is 15.0 Å². The summed E-state index contributed by atoms with van der Waals surface area (Å²) >= 11 is 0. The van der Waals surface area contributed by atoms with Gasteiger partial charge in [-0.3, -0.25) is 13.9 Å². The minimum Gasteiger partial charge on any atom is -0.494 e. The highest BCUT2D eigenvalue weighted by Crippen LogP contribution is 2.29. The van der Waals surface area contributed by atoms with Crippen LogP contribution in [0, 0.1) is 0 Å². The lowest BCUT2D eigenvalue weighted by atomic mass is 10.1. The summed E-state index contributed by atoms with van der Waals surface area (Å²) in [6, 6.07) is 15.5. The van der Waals surface area contributed by atoms with E-state index in [0.717, 1.165) is 35.3 Å². The molecule has 5 aromatic rings. The van der Waals surface area contributed by atoms with Crippen molar-refractivity contribution in [2.24, 2.45) is 0 Å². The SMILES string of the molecule is CCCCCCCn1cnc2c(c1=O)c1nc3ccccc3nc1n2-c1ccc(OCC)cc1. The van der Waals surface area contributed by atoms with Crippen molar-refractivity contribution in [3.63, 3.8) is 0 Å². The first kappa shape index (κ1) is 22.1. The lowest BCUT2D eigenvalue weighted by molar-refractivity contribution is 0.340. The van der Waals surface area contributed by atoms with Gasteiger partial charge in [0.25, 0.3) is 5.56 Å². The first-order valence-electron chi connectivity index (χ1n) is 12.1. The number of unbranched alkanes of at least 4 members (excludes halogenated alkanes) is 4. The molecule has 0 aliphatic heterocycles. The van der Waals surface area contributed by atoms with E-state index in [1.165, 1.54) is 19.3 Å². The normalized spacial score (nSPS) is 11.6. The van der Waals surface area contributed by atoms with E-state index in [-0.39, 0.29) is 5.56 Å². The summed E-state index contributed by atoms with van der Waals surface area (Å²) in [5.41, 5.74) is 4.11. The van der Waals surface area contributed by atoms with Gasteiger partial charge in [0.2, 0.25) is 0 Å². The van der Waals surface area contributed by atoms with Crippen molar-refractivity contribution in [2.75, 3.05) is 6.61 Å². The molecular weight excluding hydrogens is 426 g/mol. The average Bonchev–Trinajstić information content (AvgIpc) is 3.18. The fourth-order valence-electron chi connectivity index (χ4n) is 4.42. The number of ether oxygens (including phenoxy) is 1. The molecular formula is C27H29N5O2. The van der Waals surface area contributed by atoms with Crippen LogP contribution >= 0.6 is 0 Å². The minimum absolute atomic E-state index is 0.0697. The molecule has 7 nitrogen and oxygen atoms in total. The van der Waals surface area contributed by atoms with Crippen LogP contribution in [0.5, 0.6) is 5.75 Å². The summed E-state index contributed by atoms with van der Waals surface area (Å²) in [5, 5.41) is 0.512. The predicted octanol–water partition coefficient (Wildman–Crippen LogP) is 5.65. The second-order valence-corrected chi connectivity index (χ2v) is 8.50. The Bertz CT molecular complexity index is 1500. The third-order valence-electron chi connectivity index (χ3n) is 6.14. The van der Waals surface area contributed by atoms with Gasteiger partial charge in [-0.05, 0) is 49.7 Å². The van der Waals surface area contributed by atoms with E-state index in [1.807, 2.05) is 60.0 Å². The van der Waals surface area contributed by atoms with Crippen LogP contribution in [0.25, 0.3) is 38.9 Å². The largest absolute Gasteiger partial charge is 0.494 e. The number of para-hydroxylation sites is 2. The Kier molecular flexibility index (Phi) is 6.25. The predicted molar refractivity (Wildman–Crippen MR) is 136 cm³/mol. The number of hydrogen-bond acceptors (Lipinski definition) is 5. The van der Waals surface area contributed by atoms with Crippen LogP contribution in [0.1, 0.15) is 46.0 Å². The maximum Gasteiger partial charge on any atom is 0.265 e. The number of nitrogens with zero attached hydrogens (tertiary/aromatic N) is 5. The van der Waals surface area contributed by atoms with Gasteiger partial charge in [-0.15, -0.1) is 0 Å². The Balaban J connectivity index is 1.69. The molecule has 0 unspecified atom stereocenters. The lowest BCUT2D eigenvalue weighted by Crippen LogP contribution is -2.20. The summed E-state index contributed by atoms with van der Waals surface area (Å²) in [6.07, 6.45) is 7.34. The minimum atomic E-state index is -0.0697. The monoisotopic (exact) mass is 455 g/mol. The highest BCUT2D eigenvalue weighted by atomic mass is 16.5. The van der Waals surface area contributed by atoms with Gasteiger partial charge in [-0.1, -0.05) is 44.7 Å². The molecule has 0 N–H and O–H groups in total. The second-order valence-electron chi connectivity index (χ2n) is 8.50. The van der Waals surface area contributed by atoms with Gasteiger partial charge >= 0.3 is 0 Å². The van der Waals surface area contributed by atoms with Crippen molar-refractivity contribution >= 4 is 33.2 Å². The summed E-state index contributed by atoms with van der Waals surface area (Å²) in [4.78, 5) is 28.1. The van der Waals surface area contributed by atoms with Crippen molar-refractivity contribution in [3.8, 4) is 11.4 Å². The van der Waals surface area contributed by atoms with Gasteiger partial charge in [0, 0.05) is 12.2 Å². The van der Waals surface area contributed by atoms with Gasteiger partial charge in [0.1, 0.15) is 16.7 Å². The lowest BCUT2D eigenvalue weighted by Gasteiger charge is -2.09. The molecule has 0 amide bonds. The topological polar surface area (TPSA) is 74.8 Å². The van der Waals surface area contributed by atoms with E-state index in [1.54, 1.807) is 10.9 Å². The molecule has 0 aliphatic rings. The van der Waals surface area contributed by atoms with Crippen LogP contribution < -0.4 is 10.3 Å². The highest BCUT2D eigenvalue weighted by Gasteiger charge is 2.20. The molecule has 0 atom stereocenters. The number of aryl methyl sites for hydroxylation is 1. The molecule has 174 valence electrons. The third-order valence-corrected chi connectivity index (χ3v) is 6.14. The fourth-order valence-corrected chi connectivity index (χ4v) is 4.42. The quantitative estimate of drug-likeness (QED) is 0.268. The standard InChI is InChI=1S/C27H29N5O2/c1-3-5-6-7-10-17-31-18-28-25-23(27(31)33)24-26(30-22-12-9-8-11-21(22)29-24)32(25)19-13-15-20(16-14-19)34-4-2/h8-9,11-16,18H,3-7,10,17H2,1-2H3. The Morgan fingerprint density at radius 2 is 1.59 bits per heavy atom. The molecule has 0 saturated carbocycles. The first-order chi connectivity index (χ1) is 16.7. The molecule has 2 aromatic carbocycles. The fraction of sp³-hybridized carbons (Fsp3) is 0.333. The van der Waals surface area contributed by atoms with Crippen molar-refractivity contribution in [3.05, 3.63) is 65.2 Å². The Labute approximate surface area is 198 Å². The summed E-state index contributed by atoms with van der Waals surface area (Å²) in [5.74, 6) is 0.793. The Morgan fingerprint density at radius 3 is 2.32 bits per heavy atom. The molecule has 7 heteroatoms. The molecule has 0 spiro atoms. The zero-order valence-corrected chi connectivity index (χ0v) is 19.7. The molecule has 5 rings (SSSR count). The average molecular weight is 456 g/mol. The molecule has 3 heterocycles. The van der Waals surface area contributed by atoms with Crippen LogP contribution in [0.15, 0.2) is 59.7 Å². The smallest absolute Gasteiger partial charge is 0.265 e. The van der Waals surface area contributed by atoms with Gasteiger partial charge < -0.3 is 4.74 Å². The van der Waals surface area contributed by atoms with Crippen molar-refractivity contribution in [1.29, 1.82) is 0 Å². The van der Waals surface area contributed by atoms with E-state index in [9.17, 15) is 4.79 Å². The number of aromatic nitrogens is 5. The van der Waals surface area contributed by atoms with E-state index in [0.29, 0.717) is 35.3 Å². The first-order valence-corrected chi connectivity index (χ1v) is 12.1. The molecule has 3 aromatic heterocycles. The Hall–Kier alpha value is -3.74. The highest BCUT2D eigenvalue weighted by molar-refractivity contribution is 6.05. The summed E-state index contributed by atoms with van der Waals surface area (Å²) in [7, 11) is 0.